The molecule has 4 heteroatoms. The maximum absolute atomic E-state index is 14.1. The number of hydrogen-bond acceptors (Lipinski definition) is 3. The van der Waals surface area contributed by atoms with Crippen molar-refractivity contribution >= 4 is 5.69 Å². The topological polar surface area (TPSA) is 50.9 Å². The fourth-order valence-electron chi connectivity index (χ4n) is 3.77. The molecule has 3 heterocycles. The molecule has 1 aromatic heterocycles. The highest BCUT2D eigenvalue weighted by Crippen LogP contribution is 2.40. The molecule has 2 fully saturated rings. The monoisotopic (exact) mass is 283 g/mol. The number of hydrogen-bond donors (Lipinski definition) is 2. The minimum atomic E-state index is -0.430. The Hall–Kier alpha value is -1.94. The maximum atomic E-state index is 14.1. The third-order valence-corrected chi connectivity index (χ3v) is 4.79. The largest absolute Gasteiger partial charge is 0.399 e. The van der Waals surface area contributed by atoms with Crippen LogP contribution in [0.25, 0.3) is 11.1 Å². The Morgan fingerprint density at radius 1 is 1.24 bits per heavy atom. The summed E-state index contributed by atoms with van der Waals surface area (Å²) in [6, 6.07) is 10.4. The van der Waals surface area contributed by atoms with E-state index in [0.29, 0.717) is 29.3 Å². The van der Waals surface area contributed by atoms with Crippen LogP contribution in [-0.2, 0) is 0 Å². The predicted molar refractivity (Wildman–Crippen MR) is 81.3 cm³/mol. The summed E-state index contributed by atoms with van der Waals surface area (Å²) < 4.78 is 14.1. The molecule has 0 saturated carbocycles. The van der Waals surface area contributed by atoms with Crippen molar-refractivity contribution in [1.29, 1.82) is 0 Å². The number of anilines is 1. The lowest BCUT2D eigenvalue weighted by Gasteiger charge is -2.20. The number of fused-ring (bicyclic) bond motifs is 2. The zero-order valence-electron chi connectivity index (χ0n) is 11.7. The van der Waals surface area contributed by atoms with Gasteiger partial charge in [0.25, 0.3) is 0 Å². The maximum Gasteiger partial charge on any atom is 0.220 e. The van der Waals surface area contributed by atoms with Crippen LogP contribution >= 0.6 is 0 Å². The van der Waals surface area contributed by atoms with E-state index in [1.54, 1.807) is 18.3 Å². The Morgan fingerprint density at radius 2 is 2.14 bits per heavy atom. The van der Waals surface area contributed by atoms with E-state index < -0.39 is 5.95 Å². The van der Waals surface area contributed by atoms with Crippen LogP contribution in [0.2, 0.25) is 0 Å². The smallest absolute Gasteiger partial charge is 0.220 e. The number of benzene rings is 1. The summed E-state index contributed by atoms with van der Waals surface area (Å²) in [6.07, 6.45) is 5.30. The van der Waals surface area contributed by atoms with E-state index in [1.165, 1.54) is 12.8 Å². The number of nitrogens with two attached hydrogens (primary N) is 1. The Bertz CT molecular complexity index is 685. The molecule has 0 amide bonds. The highest BCUT2D eigenvalue weighted by molar-refractivity contribution is 5.67. The van der Waals surface area contributed by atoms with E-state index in [2.05, 4.69) is 10.3 Å². The molecule has 3 unspecified atom stereocenters. The highest BCUT2D eigenvalue weighted by Gasteiger charge is 2.39. The second-order valence-corrected chi connectivity index (χ2v) is 6.12. The van der Waals surface area contributed by atoms with Crippen LogP contribution in [0.15, 0.2) is 36.5 Å². The molecule has 0 spiro atoms. The molecule has 3 atom stereocenters. The lowest BCUT2D eigenvalue weighted by Crippen LogP contribution is -2.21. The van der Waals surface area contributed by atoms with Gasteiger partial charge in [0, 0.05) is 35.4 Å². The van der Waals surface area contributed by atoms with Gasteiger partial charge in [-0.2, -0.15) is 4.39 Å². The molecule has 0 radical (unpaired) electrons. The fraction of sp³-hybridized carbons (Fsp3) is 0.353. The van der Waals surface area contributed by atoms with E-state index in [4.69, 9.17) is 5.73 Å². The van der Waals surface area contributed by atoms with Gasteiger partial charge in [-0.25, -0.2) is 4.98 Å². The fourth-order valence-corrected chi connectivity index (χ4v) is 3.77. The van der Waals surface area contributed by atoms with Crippen molar-refractivity contribution in [3.8, 4) is 11.1 Å². The summed E-state index contributed by atoms with van der Waals surface area (Å²) >= 11 is 0. The molecule has 3 nitrogen and oxygen atoms in total. The summed E-state index contributed by atoms with van der Waals surface area (Å²) in [7, 11) is 0. The van der Waals surface area contributed by atoms with Crippen LogP contribution in [-0.4, -0.2) is 17.1 Å². The van der Waals surface area contributed by atoms with Crippen molar-refractivity contribution in [2.24, 2.45) is 0 Å². The van der Waals surface area contributed by atoms with Gasteiger partial charge in [0.15, 0.2) is 0 Å². The Labute approximate surface area is 123 Å². The van der Waals surface area contributed by atoms with Crippen molar-refractivity contribution in [3.05, 3.63) is 48.0 Å². The Balaban J connectivity index is 1.73. The average molecular weight is 283 g/mol. The van der Waals surface area contributed by atoms with Crippen LogP contribution in [0.1, 0.15) is 30.7 Å². The number of nitrogen functional groups attached to an aromatic ring is 1. The first-order chi connectivity index (χ1) is 10.2. The molecule has 1 aromatic carbocycles. The minimum absolute atomic E-state index is 0.430. The van der Waals surface area contributed by atoms with E-state index in [1.807, 2.05) is 18.2 Å². The zero-order valence-corrected chi connectivity index (χ0v) is 11.7. The molecule has 108 valence electrons. The lowest BCUT2D eigenvalue weighted by molar-refractivity contribution is 0.502. The first-order valence-electron chi connectivity index (χ1n) is 7.48. The van der Waals surface area contributed by atoms with Gasteiger partial charge in [-0.3, -0.25) is 0 Å². The Morgan fingerprint density at radius 3 is 2.86 bits per heavy atom. The van der Waals surface area contributed by atoms with E-state index >= 15 is 0 Å². The quantitative estimate of drug-likeness (QED) is 0.658. The van der Waals surface area contributed by atoms with Crippen molar-refractivity contribution < 1.29 is 4.39 Å². The van der Waals surface area contributed by atoms with E-state index in [-0.39, 0.29) is 0 Å². The van der Waals surface area contributed by atoms with Gasteiger partial charge in [-0.15, -0.1) is 0 Å². The second-order valence-electron chi connectivity index (χ2n) is 6.12. The summed E-state index contributed by atoms with van der Waals surface area (Å²) in [5.41, 5.74) is 8.91. The van der Waals surface area contributed by atoms with Gasteiger partial charge in [-0.05, 0) is 48.6 Å². The Kier molecular flexibility index (Phi) is 2.93. The third kappa shape index (κ3) is 2.20. The van der Waals surface area contributed by atoms with Crippen molar-refractivity contribution in [1.82, 2.24) is 10.3 Å². The van der Waals surface area contributed by atoms with Crippen LogP contribution in [0, 0.1) is 5.95 Å². The third-order valence-electron chi connectivity index (χ3n) is 4.79. The number of aromatic nitrogens is 1. The SMILES string of the molecule is Nc1cccc(-c2cc(C3CC4CCC3N4)cnc2F)c1. The first kappa shape index (κ1) is 12.8. The van der Waals surface area contributed by atoms with Crippen LogP contribution in [0.3, 0.4) is 0 Å². The van der Waals surface area contributed by atoms with Crippen LogP contribution in [0.5, 0.6) is 0 Å². The molecule has 21 heavy (non-hydrogen) atoms. The number of nitrogens with one attached hydrogen (secondary N) is 1. The van der Waals surface area contributed by atoms with Gasteiger partial charge >= 0.3 is 0 Å². The molecular weight excluding hydrogens is 265 g/mol. The van der Waals surface area contributed by atoms with Gasteiger partial charge < -0.3 is 11.1 Å². The molecule has 2 aromatic rings. The minimum Gasteiger partial charge on any atom is -0.399 e. The van der Waals surface area contributed by atoms with Gasteiger partial charge in [0.2, 0.25) is 5.95 Å². The number of rotatable bonds is 2. The molecule has 3 N–H and O–H groups in total. The predicted octanol–water partition coefficient (Wildman–Crippen LogP) is 3.08. The summed E-state index contributed by atoms with van der Waals surface area (Å²) in [6.45, 7) is 0. The second kappa shape index (κ2) is 4.81. The molecule has 0 aliphatic carbocycles. The molecule has 2 aliphatic heterocycles. The van der Waals surface area contributed by atoms with Gasteiger partial charge in [0.05, 0.1) is 0 Å². The summed E-state index contributed by atoms with van der Waals surface area (Å²) in [4.78, 5) is 3.98. The van der Waals surface area contributed by atoms with Gasteiger partial charge in [-0.1, -0.05) is 12.1 Å². The molecular formula is C17H18FN3. The van der Waals surface area contributed by atoms with E-state index in [0.717, 1.165) is 17.5 Å². The summed E-state index contributed by atoms with van der Waals surface area (Å²) in [5.74, 6) is 0.0251. The highest BCUT2D eigenvalue weighted by atomic mass is 19.1. The van der Waals surface area contributed by atoms with Crippen molar-refractivity contribution in [2.45, 2.75) is 37.3 Å². The van der Waals surface area contributed by atoms with Crippen LogP contribution in [0.4, 0.5) is 10.1 Å². The summed E-state index contributed by atoms with van der Waals surface area (Å²) in [5, 5.41) is 3.62. The average Bonchev–Trinajstić information content (AvgIpc) is 3.10. The van der Waals surface area contributed by atoms with Crippen molar-refractivity contribution in [3.63, 3.8) is 0 Å². The molecule has 4 rings (SSSR count). The standard InChI is InChI=1S/C17H18FN3/c18-17-15(10-2-1-3-12(19)6-10)7-11(9-20-17)14-8-13-4-5-16(14)21-13/h1-3,6-7,9,13-14,16,21H,4-5,8,19H2. The van der Waals surface area contributed by atoms with Crippen LogP contribution < -0.4 is 11.1 Å². The first-order valence-corrected chi connectivity index (χ1v) is 7.48. The molecule has 2 bridgehead atoms. The van der Waals surface area contributed by atoms with Gasteiger partial charge in [0.1, 0.15) is 0 Å². The normalized spacial score (nSPS) is 27.2. The molecule has 2 aliphatic rings. The molecule has 2 saturated heterocycles. The number of nitrogens with zero attached hydrogens (tertiary/aromatic N) is 1. The van der Waals surface area contributed by atoms with Crippen molar-refractivity contribution in [2.75, 3.05) is 5.73 Å². The zero-order chi connectivity index (χ0) is 14.4. The van der Waals surface area contributed by atoms with E-state index in [9.17, 15) is 4.39 Å². The number of pyridine rings is 1. The number of halogens is 1. The lowest BCUT2D eigenvalue weighted by atomic mass is 9.84.